The highest BCUT2D eigenvalue weighted by Gasteiger charge is 1.94. The van der Waals surface area contributed by atoms with Gasteiger partial charge in [-0.1, -0.05) is 11.1 Å². The van der Waals surface area contributed by atoms with Crippen LogP contribution in [0.25, 0.3) is 5.82 Å². The molecule has 2 aromatic rings. The molecular weight excluding hydrogens is 148 g/mol. The van der Waals surface area contributed by atoms with Gasteiger partial charge in [-0.25, -0.2) is 0 Å². The molecule has 0 spiro atoms. The molecule has 0 saturated heterocycles. The SMILES string of the molecule is [c-]1cccc[n+]1-c1ccccn1. The van der Waals surface area contributed by atoms with Gasteiger partial charge in [0.1, 0.15) is 6.20 Å². The van der Waals surface area contributed by atoms with Crippen molar-refractivity contribution in [3.8, 4) is 5.82 Å². The summed E-state index contributed by atoms with van der Waals surface area (Å²) in [5.41, 5.74) is 0. The molecule has 2 aromatic heterocycles. The summed E-state index contributed by atoms with van der Waals surface area (Å²) in [7, 11) is 0. The van der Waals surface area contributed by atoms with Gasteiger partial charge in [0.25, 0.3) is 0 Å². The van der Waals surface area contributed by atoms with Crippen LogP contribution in [0, 0.1) is 6.20 Å². The van der Waals surface area contributed by atoms with Gasteiger partial charge in [-0.3, -0.25) is 0 Å². The first-order valence-corrected chi connectivity index (χ1v) is 3.76. The summed E-state index contributed by atoms with van der Waals surface area (Å²) in [6.45, 7) is 0. The Morgan fingerprint density at radius 2 is 2.17 bits per heavy atom. The monoisotopic (exact) mass is 156 g/mol. The van der Waals surface area contributed by atoms with Gasteiger partial charge in [0.2, 0.25) is 5.82 Å². The standard InChI is InChI=1S/C10H8N2/c1-4-8-12(9-5-1)10-6-2-3-7-11-10/h1-8H. The predicted octanol–water partition coefficient (Wildman–Crippen LogP) is 1.16. The van der Waals surface area contributed by atoms with Gasteiger partial charge < -0.3 is 4.57 Å². The lowest BCUT2D eigenvalue weighted by molar-refractivity contribution is -0.604. The highest BCUT2D eigenvalue weighted by molar-refractivity contribution is 5.09. The van der Waals surface area contributed by atoms with E-state index in [1.807, 2.05) is 47.2 Å². The summed E-state index contributed by atoms with van der Waals surface area (Å²) >= 11 is 0. The predicted molar refractivity (Wildman–Crippen MR) is 44.6 cm³/mol. The summed E-state index contributed by atoms with van der Waals surface area (Å²) in [5, 5.41) is 0. The van der Waals surface area contributed by atoms with E-state index >= 15 is 0 Å². The topological polar surface area (TPSA) is 16.8 Å². The average Bonchev–Trinajstić information content (AvgIpc) is 2.21. The maximum absolute atomic E-state index is 4.18. The Balaban J connectivity index is 2.46. The summed E-state index contributed by atoms with van der Waals surface area (Å²) in [4.78, 5) is 4.18. The van der Waals surface area contributed by atoms with E-state index in [1.165, 1.54) is 0 Å². The van der Waals surface area contributed by atoms with Crippen LogP contribution in [0.1, 0.15) is 0 Å². The smallest absolute Gasteiger partial charge is 0.247 e. The Morgan fingerprint density at radius 1 is 1.17 bits per heavy atom. The number of rotatable bonds is 1. The Bertz CT molecular complexity index is 305. The first kappa shape index (κ1) is 6.98. The Morgan fingerprint density at radius 3 is 2.83 bits per heavy atom. The zero-order chi connectivity index (χ0) is 8.23. The first-order chi connectivity index (χ1) is 5.97. The molecule has 0 radical (unpaired) electrons. The van der Waals surface area contributed by atoms with E-state index in [2.05, 4.69) is 11.2 Å². The van der Waals surface area contributed by atoms with E-state index in [9.17, 15) is 0 Å². The van der Waals surface area contributed by atoms with Gasteiger partial charge in [0.15, 0.2) is 0 Å². The number of hydrogen-bond acceptors (Lipinski definition) is 1. The second-order valence-corrected chi connectivity index (χ2v) is 2.39. The molecule has 0 aromatic carbocycles. The molecule has 0 amide bonds. The van der Waals surface area contributed by atoms with Crippen molar-refractivity contribution in [3.05, 3.63) is 55.0 Å². The number of hydrogen-bond donors (Lipinski definition) is 0. The fraction of sp³-hybridized carbons (Fsp3) is 0. The molecule has 2 heteroatoms. The van der Waals surface area contributed by atoms with E-state index in [4.69, 9.17) is 0 Å². The second kappa shape index (κ2) is 3.13. The molecular formula is C10H8N2. The lowest BCUT2D eigenvalue weighted by Gasteiger charge is -1.99. The Labute approximate surface area is 71.1 Å². The molecule has 0 fully saturated rings. The molecule has 0 atom stereocenters. The van der Waals surface area contributed by atoms with Crippen LogP contribution in [0.2, 0.25) is 0 Å². The molecule has 0 saturated carbocycles. The van der Waals surface area contributed by atoms with Gasteiger partial charge in [0.05, 0.1) is 0 Å². The van der Waals surface area contributed by atoms with Crippen molar-refractivity contribution >= 4 is 0 Å². The van der Waals surface area contributed by atoms with Crippen LogP contribution in [0.3, 0.4) is 0 Å². The maximum atomic E-state index is 4.18. The number of aromatic nitrogens is 2. The van der Waals surface area contributed by atoms with Gasteiger partial charge >= 0.3 is 0 Å². The van der Waals surface area contributed by atoms with Crippen molar-refractivity contribution in [2.24, 2.45) is 0 Å². The third kappa shape index (κ3) is 1.32. The van der Waals surface area contributed by atoms with Crippen LogP contribution in [0.15, 0.2) is 48.8 Å². The van der Waals surface area contributed by atoms with E-state index in [0.717, 1.165) is 5.82 Å². The van der Waals surface area contributed by atoms with Crippen LogP contribution in [0.4, 0.5) is 0 Å². The molecule has 0 aliphatic rings. The summed E-state index contributed by atoms with van der Waals surface area (Å²) in [6, 6.07) is 11.5. The number of nitrogens with zero attached hydrogens (tertiary/aromatic N) is 2. The molecule has 58 valence electrons. The van der Waals surface area contributed by atoms with E-state index < -0.39 is 0 Å². The van der Waals surface area contributed by atoms with Crippen molar-refractivity contribution in [2.45, 2.75) is 0 Å². The van der Waals surface area contributed by atoms with E-state index in [1.54, 1.807) is 6.20 Å². The molecule has 0 aliphatic heterocycles. The van der Waals surface area contributed by atoms with Crippen molar-refractivity contribution < 1.29 is 4.57 Å². The lowest BCUT2D eigenvalue weighted by Crippen LogP contribution is -2.30. The van der Waals surface area contributed by atoms with Crippen LogP contribution < -0.4 is 4.57 Å². The molecule has 0 unspecified atom stereocenters. The van der Waals surface area contributed by atoms with Crippen molar-refractivity contribution in [2.75, 3.05) is 0 Å². The fourth-order valence-electron chi connectivity index (χ4n) is 0.996. The minimum Gasteiger partial charge on any atom is -0.322 e. The van der Waals surface area contributed by atoms with Crippen LogP contribution in [-0.4, -0.2) is 4.98 Å². The van der Waals surface area contributed by atoms with Gasteiger partial charge in [-0.2, -0.15) is 0 Å². The average molecular weight is 156 g/mol. The van der Waals surface area contributed by atoms with Crippen LogP contribution in [0.5, 0.6) is 0 Å². The van der Waals surface area contributed by atoms with E-state index in [-0.39, 0.29) is 0 Å². The maximum Gasteiger partial charge on any atom is 0.247 e. The van der Waals surface area contributed by atoms with Crippen LogP contribution >= 0.6 is 0 Å². The van der Waals surface area contributed by atoms with E-state index in [0.29, 0.717) is 0 Å². The highest BCUT2D eigenvalue weighted by atomic mass is 15.0. The first-order valence-electron chi connectivity index (χ1n) is 3.76. The summed E-state index contributed by atoms with van der Waals surface area (Å²) in [6.07, 6.45) is 6.72. The lowest BCUT2D eigenvalue weighted by atomic mass is 10.4. The Kier molecular flexibility index (Phi) is 1.82. The second-order valence-electron chi connectivity index (χ2n) is 2.39. The molecule has 0 bridgehead atoms. The van der Waals surface area contributed by atoms with Gasteiger partial charge in [-0.15, -0.1) is 18.2 Å². The van der Waals surface area contributed by atoms with Crippen molar-refractivity contribution in [3.63, 3.8) is 0 Å². The molecule has 0 N–H and O–H groups in total. The largest absolute Gasteiger partial charge is 0.322 e. The molecule has 2 heterocycles. The van der Waals surface area contributed by atoms with Crippen LogP contribution in [-0.2, 0) is 0 Å². The summed E-state index contributed by atoms with van der Waals surface area (Å²) in [5.74, 6) is 0.887. The fourth-order valence-corrected chi connectivity index (χ4v) is 0.996. The number of pyridine rings is 2. The molecule has 2 rings (SSSR count). The molecule has 2 nitrogen and oxygen atoms in total. The zero-order valence-electron chi connectivity index (χ0n) is 6.51. The Hall–Kier alpha value is -1.70. The summed E-state index contributed by atoms with van der Waals surface area (Å²) < 4.78 is 1.85. The third-order valence-corrected chi connectivity index (χ3v) is 1.55. The minimum atomic E-state index is 0.887. The van der Waals surface area contributed by atoms with Crippen molar-refractivity contribution in [1.82, 2.24) is 4.98 Å². The molecule has 12 heavy (non-hydrogen) atoms. The zero-order valence-corrected chi connectivity index (χ0v) is 6.51. The highest BCUT2D eigenvalue weighted by Crippen LogP contribution is 1.90. The molecule has 0 aliphatic carbocycles. The third-order valence-electron chi connectivity index (χ3n) is 1.55. The minimum absolute atomic E-state index is 0.887. The van der Waals surface area contributed by atoms with Gasteiger partial charge in [0, 0.05) is 12.4 Å². The van der Waals surface area contributed by atoms with Crippen molar-refractivity contribution in [1.29, 1.82) is 0 Å². The quantitative estimate of drug-likeness (QED) is 0.447. The normalized spacial score (nSPS) is 9.67. The van der Waals surface area contributed by atoms with Gasteiger partial charge in [-0.05, 0) is 12.1 Å².